The van der Waals surface area contributed by atoms with Crippen molar-refractivity contribution in [2.24, 2.45) is 0 Å². The maximum atomic E-state index is 15.1. The first kappa shape index (κ1) is 26.6. The van der Waals surface area contributed by atoms with E-state index in [1.165, 1.54) is 25.3 Å². The van der Waals surface area contributed by atoms with Crippen LogP contribution in [-0.2, 0) is 4.79 Å². The molecule has 1 aliphatic rings. The van der Waals surface area contributed by atoms with Gasteiger partial charge in [0.15, 0.2) is 0 Å². The number of H-pyrrole nitrogens is 1. The largest absolute Gasteiger partial charge is 0.485 e. The molecule has 2 amide bonds. The number of ether oxygens (including phenoxy) is 1. The van der Waals surface area contributed by atoms with Crippen molar-refractivity contribution in [1.82, 2.24) is 20.8 Å². The van der Waals surface area contributed by atoms with E-state index in [1.54, 1.807) is 0 Å². The Balaban J connectivity index is 1.50. The number of amides is 2. The molecule has 1 atom stereocenters. The molecule has 196 valence electrons. The highest BCUT2D eigenvalue weighted by Crippen LogP contribution is 2.40. The first-order valence-corrected chi connectivity index (χ1v) is 11.6. The summed E-state index contributed by atoms with van der Waals surface area (Å²) in [7, 11) is 0. The molecule has 2 heterocycles. The minimum absolute atomic E-state index is 0.0380. The lowest BCUT2D eigenvalue weighted by molar-refractivity contribution is -0.124. The van der Waals surface area contributed by atoms with E-state index in [4.69, 9.17) is 32.5 Å². The Bertz CT molecular complexity index is 1410. The van der Waals surface area contributed by atoms with Crippen LogP contribution in [0.2, 0.25) is 10.0 Å². The fourth-order valence-electron chi connectivity index (χ4n) is 3.59. The number of aromatic amines is 1. The molecule has 0 aliphatic heterocycles. The summed E-state index contributed by atoms with van der Waals surface area (Å²) in [6, 6.07) is 3.81. The van der Waals surface area contributed by atoms with Crippen molar-refractivity contribution in [3.63, 3.8) is 0 Å². The second-order valence-corrected chi connectivity index (χ2v) is 9.21. The summed E-state index contributed by atoms with van der Waals surface area (Å²) >= 11 is 12.1. The first-order valence-electron chi connectivity index (χ1n) is 10.9. The van der Waals surface area contributed by atoms with E-state index in [-0.39, 0.29) is 38.4 Å². The van der Waals surface area contributed by atoms with Gasteiger partial charge in [0.1, 0.15) is 23.7 Å². The molecule has 0 saturated heterocycles. The van der Waals surface area contributed by atoms with Crippen LogP contribution in [0.1, 0.15) is 42.1 Å². The van der Waals surface area contributed by atoms with Crippen molar-refractivity contribution in [3.05, 3.63) is 68.1 Å². The van der Waals surface area contributed by atoms with Gasteiger partial charge in [-0.25, -0.2) is 13.2 Å². The Morgan fingerprint density at radius 1 is 1.24 bits per heavy atom. The zero-order valence-corrected chi connectivity index (χ0v) is 20.6. The Morgan fingerprint density at radius 3 is 2.57 bits per heavy atom. The molecule has 0 unspecified atom stereocenters. The van der Waals surface area contributed by atoms with Crippen LogP contribution >= 0.6 is 23.2 Å². The van der Waals surface area contributed by atoms with Gasteiger partial charge in [-0.1, -0.05) is 23.2 Å². The summed E-state index contributed by atoms with van der Waals surface area (Å²) in [5, 5.41) is 7.26. The predicted molar refractivity (Wildman–Crippen MR) is 126 cm³/mol. The van der Waals surface area contributed by atoms with Gasteiger partial charge in [0.25, 0.3) is 17.9 Å². The van der Waals surface area contributed by atoms with Crippen molar-refractivity contribution in [3.8, 4) is 16.9 Å². The van der Waals surface area contributed by atoms with Gasteiger partial charge in [-0.3, -0.25) is 19.4 Å². The third kappa shape index (κ3) is 5.91. The highest BCUT2D eigenvalue weighted by atomic mass is 35.5. The van der Waals surface area contributed by atoms with Crippen molar-refractivity contribution in [1.29, 1.82) is 0 Å². The lowest BCUT2D eigenvalue weighted by Gasteiger charge is -2.21. The molecule has 3 N–H and O–H groups in total. The molecule has 0 bridgehead atoms. The summed E-state index contributed by atoms with van der Waals surface area (Å²) < 4.78 is 50.3. The van der Waals surface area contributed by atoms with Crippen LogP contribution in [0.3, 0.4) is 0 Å². The topological polar surface area (TPSA) is 126 Å². The molecular formula is C23H19Cl2F3N4O5. The lowest BCUT2D eigenvalue weighted by Crippen LogP contribution is -2.49. The number of carbonyl (C=O) groups excluding carboxylic acids is 2. The molecule has 37 heavy (non-hydrogen) atoms. The van der Waals surface area contributed by atoms with Crippen LogP contribution in [0.15, 0.2) is 39.8 Å². The summed E-state index contributed by atoms with van der Waals surface area (Å²) in [4.78, 5) is 40.4. The Kier molecular flexibility index (Phi) is 7.51. The maximum absolute atomic E-state index is 15.1. The van der Waals surface area contributed by atoms with Crippen molar-refractivity contribution >= 4 is 35.0 Å². The van der Waals surface area contributed by atoms with E-state index in [0.29, 0.717) is 12.8 Å². The second-order valence-electron chi connectivity index (χ2n) is 8.37. The molecule has 14 heteroatoms. The fraction of sp³-hybridized carbons (Fsp3) is 0.304. The average Bonchev–Trinajstić information content (AvgIpc) is 3.48. The standard InChI is InChI=1S/C23H19Cl2F3N4O5/c1-10(30-22(35)23(2-3-23)31-21(34)16-7-18(33)32-37-16)19-15(26)4-11(8-29-19)13-5-12(24)6-14(25)20(13)36-9-17(27)28/h4-8,10,17H,2-3,9H2,1H3,(H,30,35)(H,31,34)(H,32,33)/t10-/m1/s1. The molecule has 0 spiro atoms. The van der Waals surface area contributed by atoms with Gasteiger partial charge in [0.05, 0.1) is 22.8 Å². The molecule has 9 nitrogen and oxygen atoms in total. The third-order valence-corrected chi connectivity index (χ3v) is 6.08. The van der Waals surface area contributed by atoms with Gasteiger partial charge < -0.3 is 19.9 Å². The number of alkyl halides is 2. The van der Waals surface area contributed by atoms with Crippen LogP contribution in [0.5, 0.6) is 5.75 Å². The molecule has 0 radical (unpaired) electrons. The molecule has 1 aliphatic carbocycles. The van der Waals surface area contributed by atoms with Crippen molar-refractivity contribution in [2.45, 2.75) is 37.8 Å². The highest BCUT2D eigenvalue weighted by Gasteiger charge is 2.52. The van der Waals surface area contributed by atoms with Gasteiger partial charge in [-0.2, -0.15) is 5.16 Å². The van der Waals surface area contributed by atoms with Crippen LogP contribution in [0.4, 0.5) is 13.2 Å². The summed E-state index contributed by atoms with van der Waals surface area (Å²) in [6.45, 7) is 0.569. The number of rotatable bonds is 9. The van der Waals surface area contributed by atoms with Crippen LogP contribution in [0, 0.1) is 5.82 Å². The van der Waals surface area contributed by atoms with E-state index in [0.717, 1.165) is 12.1 Å². The second kappa shape index (κ2) is 10.5. The quantitative estimate of drug-likeness (QED) is 0.360. The van der Waals surface area contributed by atoms with Crippen LogP contribution in [-0.4, -0.2) is 40.5 Å². The van der Waals surface area contributed by atoms with E-state index in [2.05, 4.69) is 15.6 Å². The third-order valence-electron chi connectivity index (χ3n) is 5.59. The maximum Gasteiger partial charge on any atom is 0.290 e. The SMILES string of the molecule is C[C@@H](NC(=O)C1(NC(=O)c2cc(=O)[nH]o2)CC1)c1ncc(-c2cc(Cl)cc(Cl)c2OCC(F)F)cc1F. The highest BCUT2D eigenvalue weighted by molar-refractivity contribution is 6.36. The Labute approximate surface area is 217 Å². The number of hydrogen-bond acceptors (Lipinski definition) is 6. The monoisotopic (exact) mass is 558 g/mol. The van der Waals surface area contributed by atoms with E-state index < -0.39 is 47.8 Å². The molecule has 1 aromatic carbocycles. The molecular weight excluding hydrogens is 540 g/mol. The number of carbonyl (C=O) groups is 2. The predicted octanol–water partition coefficient (Wildman–Crippen LogP) is 4.26. The number of benzene rings is 1. The number of hydrogen-bond donors (Lipinski definition) is 3. The van der Waals surface area contributed by atoms with Gasteiger partial charge in [-0.05, 0) is 38.0 Å². The van der Waals surface area contributed by atoms with Gasteiger partial charge >= 0.3 is 0 Å². The lowest BCUT2D eigenvalue weighted by atomic mass is 10.0. The fourth-order valence-corrected chi connectivity index (χ4v) is 4.14. The van der Waals surface area contributed by atoms with Gasteiger partial charge in [0.2, 0.25) is 11.7 Å². The van der Waals surface area contributed by atoms with Crippen molar-refractivity contribution < 1.29 is 32.0 Å². The Morgan fingerprint density at radius 2 is 1.97 bits per heavy atom. The summed E-state index contributed by atoms with van der Waals surface area (Å²) in [6.07, 6.45) is -0.835. The first-order chi connectivity index (χ1) is 17.5. The zero-order chi connectivity index (χ0) is 26.9. The zero-order valence-electron chi connectivity index (χ0n) is 19.0. The number of aromatic nitrogens is 2. The van der Waals surface area contributed by atoms with Gasteiger partial charge in [-0.15, -0.1) is 0 Å². The van der Waals surface area contributed by atoms with Gasteiger partial charge in [0, 0.05) is 22.3 Å². The molecule has 4 rings (SSSR count). The van der Waals surface area contributed by atoms with E-state index >= 15 is 4.39 Å². The van der Waals surface area contributed by atoms with Crippen molar-refractivity contribution in [2.75, 3.05) is 6.61 Å². The Hall–Kier alpha value is -3.51. The minimum Gasteiger partial charge on any atom is -0.485 e. The van der Waals surface area contributed by atoms with E-state index in [9.17, 15) is 23.2 Å². The van der Waals surface area contributed by atoms with E-state index in [1.807, 2.05) is 5.16 Å². The number of nitrogens with zero attached hydrogens (tertiary/aromatic N) is 1. The number of halogens is 5. The molecule has 1 saturated carbocycles. The minimum atomic E-state index is -2.76. The summed E-state index contributed by atoms with van der Waals surface area (Å²) in [5.74, 6) is -2.51. The number of nitrogens with one attached hydrogen (secondary N) is 3. The smallest absolute Gasteiger partial charge is 0.290 e. The normalized spacial score (nSPS) is 14.8. The molecule has 3 aromatic rings. The molecule has 2 aromatic heterocycles. The van der Waals surface area contributed by atoms with Crippen LogP contribution in [0.25, 0.3) is 11.1 Å². The summed E-state index contributed by atoms with van der Waals surface area (Å²) in [5.41, 5.74) is -1.63. The average molecular weight is 559 g/mol. The van der Waals surface area contributed by atoms with Crippen LogP contribution < -0.4 is 20.9 Å². The molecule has 1 fully saturated rings. The number of pyridine rings is 1.